The lowest BCUT2D eigenvalue weighted by Crippen LogP contribution is -2.51. The number of nitrogens with zero attached hydrogens (tertiary/aromatic N) is 6. The van der Waals surface area contributed by atoms with Crippen molar-refractivity contribution in [3.8, 4) is 0 Å². The molecule has 3 heterocycles. The van der Waals surface area contributed by atoms with Crippen molar-refractivity contribution in [3.63, 3.8) is 0 Å². The van der Waals surface area contributed by atoms with Crippen LogP contribution < -0.4 is 5.32 Å². The first-order valence-electron chi connectivity index (χ1n) is 11.6. The molecule has 1 aliphatic carbocycles. The molecule has 2 aromatic heterocycles. The molecule has 1 spiro atoms. The molecule has 1 saturated carbocycles. The molecule has 1 atom stereocenters. The van der Waals surface area contributed by atoms with Crippen LogP contribution in [0, 0.1) is 5.41 Å². The summed E-state index contributed by atoms with van der Waals surface area (Å²) in [6, 6.07) is 11.8. The summed E-state index contributed by atoms with van der Waals surface area (Å²) in [6.45, 7) is 4.58. The Balaban J connectivity index is 1.19. The van der Waals surface area contributed by atoms with Crippen molar-refractivity contribution < 1.29 is 9.59 Å². The molecule has 0 radical (unpaired) electrons. The minimum Gasteiger partial charge on any atom is -0.347 e. The number of amides is 2. The van der Waals surface area contributed by atoms with E-state index in [-0.39, 0.29) is 23.3 Å². The maximum absolute atomic E-state index is 12.9. The summed E-state index contributed by atoms with van der Waals surface area (Å²) in [5.74, 6) is -0.162. The van der Waals surface area contributed by atoms with Gasteiger partial charge in [0.05, 0.1) is 12.2 Å². The Morgan fingerprint density at radius 3 is 2.61 bits per heavy atom. The lowest BCUT2D eigenvalue weighted by Gasteiger charge is -2.53. The van der Waals surface area contributed by atoms with E-state index in [1.807, 2.05) is 46.8 Å². The average molecular weight is 448 g/mol. The second-order valence-electron chi connectivity index (χ2n) is 8.99. The third kappa shape index (κ3) is 4.03. The van der Waals surface area contributed by atoms with Crippen LogP contribution in [0.3, 0.4) is 0 Å². The average Bonchev–Trinajstić information content (AvgIpc) is 3.52. The van der Waals surface area contributed by atoms with E-state index >= 15 is 0 Å². The summed E-state index contributed by atoms with van der Waals surface area (Å²) in [5, 5.41) is 15.6. The number of nitrogens with one attached hydrogen (secondary N) is 1. The maximum Gasteiger partial charge on any atom is 0.273 e. The van der Waals surface area contributed by atoms with Crippen LogP contribution in [0.15, 0.2) is 48.8 Å². The lowest BCUT2D eigenvalue weighted by molar-refractivity contribution is -0.0270. The Morgan fingerprint density at radius 1 is 1.12 bits per heavy atom. The lowest BCUT2D eigenvalue weighted by atomic mass is 9.59. The SMILES string of the molecule is CCn1nccc1C(=O)N1CCC2(CCC2n2cc(C(=O)NCc3ccccc3)nn2)CC1. The van der Waals surface area contributed by atoms with Crippen molar-refractivity contribution in [3.05, 3.63) is 65.7 Å². The standard InChI is InChI=1S/C24H29N7O2/c1-2-30-20(9-13-26-30)23(33)29-14-11-24(12-15-29)10-8-21(24)31-17-19(27-28-31)22(32)25-16-18-6-4-3-5-7-18/h3-7,9,13,17,21H,2,8,10-12,14-16H2,1H3,(H,25,32). The summed E-state index contributed by atoms with van der Waals surface area (Å²) in [4.78, 5) is 27.4. The minimum absolute atomic E-state index is 0.0539. The quantitative estimate of drug-likeness (QED) is 0.627. The van der Waals surface area contributed by atoms with Gasteiger partial charge >= 0.3 is 0 Å². The topological polar surface area (TPSA) is 97.9 Å². The highest BCUT2D eigenvalue weighted by Gasteiger charge is 2.50. The molecular weight excluding hydrogens is 418 g/mol. The second-order valence-corrected chi connectivity index (χ2v) is 8.99. The smallest absolute Gasteiger partial charge is 0.273 e. The summed E-state index contributed by atoms with van der Waals surface area (Å²) >= 11 is 0. The maximum atomic E-state index is 12.9. The predicted octanol–water partition coefficient (Wildman–Crippen LogP) is 2.68. The molecule has 9 nitrogen and oxygen atoms in total. The van der Waals surface area contributed by atoms with Gasteiger partial charge in [0, 0.05) is 32.4 Å². The third-order valence-corrected chi connectivity index (χ3v) is 7.26. The molecule has 1 saturated heterocycles. The van der Waals surface area contributed by atoms with Gasteiger partial charge in [0.25, 0.3) is 11.8 Å². The van der Waals surface area contributed by atoms with Crippen molar-refractivity contribution >= 4 is 11.8 Å². The van der Waals surface area contributed by atoms with Gasteiger partial charge in [0.1, 0.15) is 5.69 Å². The molecule has 33 heavy (non-hydrogen) atoms. The Hall–Kier alpha value is -3.49. The monoisotopic (exact) mass is 447 g/mol. The molecule has 2 aliphatic rings. The van der Waals surface area contributed by atoms with Crippen LogP contribution in [0.2, 0.25) is 0 Å². The Morgan fingerprint density at radius 2 is 1.91 bits per heavy atom. The number of hydrogen-bond acceptors (Lipinski definition) is 5. The largest absolute Gasteiger partial charge is 0.347 e. The number of rotatable bonds is 6. The van der Waals surface area contributed by atoms with E-state index in [1.165, 1.54) is 0 Å². The molecule has 0 bridgehead atoms. The van der Waals surface area contributed by atoms with Crippen molar-refractivity contribution in [1.29, 1.82) is 0 Å². The highest BCUT2D eigenvalue weighted by atomic mass is 16.2. The Bertz CT molecular complexity index is 1130. The number of hydrogen-bond donors (Lipinski definition) is 1. The fourth-order valence-corrected chi connectivity index (χ4v) is 5.16. The van der Waals surface area contributed by atoms with Crippen molar-refractivity contribution in [2.45, 2.75) is 51.7 Å². The van der Waals surface area contributed by atoms with E-state index in [0.717, 1.165) is 44.3 Å². The molecule has 2 fully saturated rings. The summed E-state index contributed by atoms with van der Waals surface area (Å²) in [7, 11) is 0. The van der Waals surface area contributed by atoms with Crippen LogP contribution in [-0.4, -0.2) is 54.6 Å². The molecule has 2 amide bonds. The first-order chi connectivity index (χ1) is 16.1. The Labute approximate surface area is 192 Å². The van der Waals surface area contributed by atoms with Crippen LogP contribution in [0.4, 0.5) is 0 Å². The van der Waals surface area contributed by atoms with Crippen LogP contribution in [0.5, 0.6) is 0 Å². The van der Waals surface area contributed by atoms with Crippen LogP contribution >= 0.6 is 0 Å². The molecule has 1 aromatic carbocycles. The number of carbonyl (C=O) groups excluding carboxylic acids is 2. The van der Waals surface area contributed by atoms with Crippen LogP contribution in [-0.2, 0) is 13.1 Å². The van der Waals surface area contributed by atoms with Crippen molar-refractivity contribution in [2.24, 2.45) is 5.41 Å². The van der Waals surface area contributed by atoms with Gasteiger partial charge in [-0.2, -0.15) is 5.10 Å². The second kappa shape index (κ2) is 8.80. The number of aromatic nitrogens is 5. The summed E-state index contributed by atoms with van der Waals surface area (Å²) in [6.07, 6.45) is 7.44. The molecule has 9 heteroatoms. The molecular formula is C24H29N7O2. The number of carbonyl (C=O) groups is 2. The molecule has 172 valence electrons. The number of piperidine rings is 1. The van der Waals surface area contributed by atoms with Gasteiger partial charge in [0.15, 0.2) is 5.69 Å². The van der Waals surface area contributed by atoms with E-state index in [1.54, 1.807) is 23.1 Å². The fourth-order valence-electron chi connectivity index (χ4n) is 5.16. The van der Waals surface area contributed by atoms with Crippen molar-refractivity contribution in [2.75, 3.05) is 13.1 Å². The van der Waals surface area contributed by atoms with E-state index in [9.17, 15) is 9.59 Å². The molecule has 5 rings (SSSR count). The molecule has 1 N–H and O–H groups in total. The summed E-state index contributed by atoms with van der Waals surface area (Å²) < 4.78 is 3.61. The first-order valence-corrected chi connectivity index (χ1v) is 11.6. The van der Waals surface area contributed by atoms with Gasteiger partial charge in [-0.1, -0.05) is 35.5 Å². The van der Waals surface area contributed by atoms with Crippen molar-refractivity contribution in [1.82, 2.24) is 35.0 Å². The molecule has 3 aromatic rings. The van der Waals surface area contributed by atoms with Gasteiger partial charge in [0.2, 0.25) is 0 Å². The van der Waals surface area contributed by atoms with E-state index < -0.39 is 0 Å². The highest BCUT2D eigenvalue weighted by molar-refractivity contribution is 5.92. The normalized spacial score (nSPS) is 19.3. The van der Waals surface area contributed by atoms with Crippen LogP contribution in [0.1, 0.15) is 65.2 Å². The van der Waals surface area contributed by atoms with E-state index in [2.05, 4.69) is 20.7 Å². The summed E-state index contributed by atoms with van der Waals surface area (Å²) in [5.41, 5.74) is 2.15. The van der Waals surface area contributed by atoms with E-state index in [0.29, 0.717) is 24.5 Å². The van der Waals surface area contributed by atoms with E-state index in [4.69, 9.17) is 0 Å². The zero-order valence-corrected chi connectivity index (χ0v) is 18.9. The van der Waals surface area contributed by atoms with Gasteiger partial charge in [-0.25, -0.2) is 4.68 Å². The van der Waals surface area contributed by atoms with Gasteiger partial charge < -0.3 is 10.2 Å². The highest BCUT2D eigenvalue weighted by Crippen LogP contribution is 2.56. The fraction of sp³-hybridized carbons (Fsp3) is 0.458. The van der Waals surface area contributed by atoms with Crippen LogP contribution in [0.25, 0.3) is 0 Å². The van der Waals surface area contributed by atoms with Gasteiger partial charge in [-0.15, -0.1) is 5.10 Å². The molecule has 1 unspecified atom stereocenters. The third-order valence-electron chi connectivity index (χ3n) is 7.26. The van der Waals surface area contributed by atoms with Gasteiger partial charge in [-0.3, -0.25) is 14.3 Å². The predicted molar refractivity (Wildman–Crippen MR) is 121 cm³/mol. The molecule has 1 aliphatic heterocycles. The van der Waals surface area contributed by atoms with Gasteiger partial charge in [-0.05, 0) is 49.7 Å². The number of benzene rings is 1. The minimum atomic E-state index is -0.216. The number of likely N-dealkylation sites (tertiary alicyclic amines) is 1. The number of aryl methyl sites for hydroxylation is 1. The zero-order valence-electron chi connectivity index (χ0n) is 18.9. The zero-order chi connectivity index (χ0) is 22.8. The first kappa shape index (κ1) is 21.4. The Kier molecular flexibility index (Phi) is 5.70.